The summed E-state index contributed by atoms with van der Waals surface area (Å²) < 4.78 is 18.1. The molecular formula is C30H40O4. The van der Waals surface area contributed by atoms with Gasteiger partial charge in [0.1, 0.15) is 35.1 Å². The summed E-state index contributed by atoms with van der Waals surface area (Å²) in [6, 6.07) is 11.1. The van der Waals surface area contributed by atoms with Gasteiger partial charge < -0.3 is 14.2 Å². The molecule has 0 unspecified atom stereocenters. The molecule has 34 heavy (non-hydrogen) atoms. The predicted molar refractivity (Wildman–Crippen MR) is 141 cm³/mol. The Morgan fingerprint density at radius 1 is 0.853 bits per heavy atom. The topological polar surface area (TPSA) is 44.8 Å². The normalized spacial score (nSPS) is 12.5. The molecule has 0 bridgehead atoms. The van der Waals surface area contributed by atoms with Gasteiger partial charge in [-0.2, -0.15) is 0 Å². The highest BCUT2D eigenvalue weighted by atomic mass is 16.5. The maximum atomic E-state index is 12.9. The van der Waals surface area contributed by atoms with Crippen molar-refractivity contribution in [2.24, 2.45) is 0 Å². The molecule has 184 valence electrons. The molecule has 2 aromatic carbocycles. The lowest BCUT2D eigenvalue weighted by Crippen LogP contribution is -2.27. The molecular weight excluding hydrogens is 424 g/mol. The second-order valence-corrected chi connectivity index (χ2v) is 11.4. The van der Waals surface area contributed by atoms with Crippen molar-refractivity contribution in [2.75, 3.05) is 6.61 Å². The summed E-state index contributed by atoms with van der Waals surface area (Å²) >= 11 is 0. The van der Waals surface area contributed by atoms with Gasteiger partial charge >= 0.3 is 0 Å². The van der Waals surface area contributed by atoms with Gasteiger partial charge in [0, 0.05) is 22.8 Å². The summed E-state index contributed by atoms with van der Waals surface area (Å²) in [6.07, 6.45) is 5.09. The van der Waals surface area contributed by atoms with Crippen molar-refractivity contribution < 1.29 is 19.0 Å². The Morgan fingerprint density at radius 2 is 1.41 bits per heavy atom. The minimum Gasteiger partial charge on any atom is -0.490 e. The Hall–Kier alpha value is -3.01. The Balaban J connectivity index is 2.47. The molecule has 0 saturated heterocycles. The van der Waals surface area contributed by atoms with E-state index in [4.69, 9.17) is 14.2 Å². The second-order valence-electron chi connectivity index (χ2n) is 11.4. The van der Waals surface area contributed by atoms with Crippen LogP contribution in [0.4, 0.5) is 0 Å². The number of ether oxygens (including phenoxy) is 3. The van der Waals surface area contributed by atoms with Crippen molar-refractivity contribution in [3.05, 3.63) is 71.8 Å². The third kappa shape index (κ3) is 8.40. The number of carbonyl (C=O) groups is 1. The molecule has 0 aromatic heterocycles. The first-order valence-corrected chi connectivity index (χ1v) is 11.7. The maximum Gasteiger partial charge on any atom is 0.185 e. The molecule has 2 rings (SSSR count). The lowest BCUT2D eigenvalue weighted by Gasteiger charge is -2.30. The molecule has 0 spiro atoms. The van der Waals surface area contributed by atoms with Crippen LogP contribution in [-0.4, -0.2) is 23.6 Å². The fraction of sp³-hybridized carbons (Fsp3) is 0.433. The van der Waals surface area contributed by atoms with Crippen LogP contribution in [0.2, 0.25) is 0 Å². The first-order valence-electron chi connectivity index (χ1n) is 11.7. The Bertz CT molecular complexity index is 1020. The van der Waals surface area contributed by atoms with E-state index in [0.29, 0.717) is 23.7 Å². The summed E-state index contributed by atoms with van der Waals surface area (Å²) in [6.45, 7) is 22.6. The van der Waals surface area contributed by atoms with Crippen LogP contribution in [0.5, 0.6) is 17.2 Å². The largest absolute Gasteiger partial charge is 0.490 e. The number of ketones is 1. The number of rotatable bonds is 8. The molecule has 4 heteroatoms. The molecule has 0 aliphatic heterocycles. The van der Waals surface area contributed by atoms with Gasteiger partial charge in [-0.05, 0) is 89.4 Å². The predicted octanol–water partition coefficient (Wildman–Crippen LogP) is 7.80. The molecule has 0 radical (unpaired) electrons. The van der Waals surface area contributed by atoms with E-state index in [1.165, 1.54) is 0 Å². The van der Waals surface area contributed by atoms with E-state index in [9.17, 15) is 4.79 Å². The van der Waals surface area contributed by atoms with Crippen molar-refractivity contribution in [3.63, 3.8) is 0 Å². The van der Waals surface area contributed by atoms with Gasteiger partial charge in [-0.1, -0.05) is 33.4 Å². The monoisotopic (exact) mass is 464 g/mol. The van der Waals surface area contributed by atoms with Gasteiger partial charge in [0.05, 0.1) is 0 Å². The van der Waals surface area contributed by atoms with Gasteiger partial charge in [0.25, 0.3) is 0 Å². The highest BCUT2D eigenvalue weighted by Crippen LogP contribution is 2.40. The third-order valence-corrected chi connectivity index (χ3v) is 4.67. The molecule has 0 fully saturated rings. The van der Waals surface area contributed by atoms with Crippen LogP contribution < -0.4 is 14.2 Å². The van der Waals surface area contributed by atoms with Crippen molar-refractivity contribution >= 4 is 11.9 Å². The summed E-state index contributed by atoms with van der Waals surface area (Å²) in [5.41, 5.74) is 1.56. The molecule has 0 amide bonds. The highest BCUT2D eigenvalue weighted by molar-refractivity contribution is 6.07. The highest BCUT2D eigenvalue weighted by Gasteiger charge is 2.26. The molecule has 0 N–H and O–H groups in total. The quantitative estimate of drug-likeness (QED) is 0.227. The third-order valence-electron chi connectivity index (χ3n) is 4.67. The van der Waals surface area contributed by atoms with Crippen molar-refractivity contribution in [1.82, 2.24) is 0 Å². The fourth-order valence-corrected chi connectivity index (χ4v) is 3.26. The summed E-state index contributed by atoms with van der Waals surface area (Å²) in [7, 11) is 0. The van der Waals surface area contributed by atoms with E-state index < -0.39 is 5.60 Å². The smallest absolute Gasteiger partial charge is 0.185 e. The number of benzene rings is 2. The summed E-state index contributed by atoms with van der Waals surface area (Å²) in [4.78, 5) is 12.9. The molecule has 4 nitrogen and oxygen atoms in total. The molecule has 0 aliphatic rings. The molecule has 0 aliphatic carbocycles. The van der Waals surface area contributed by atoms with Gasteiger partial charge in [0.15, 0.2) is 5.78 Å². The first-order chi connectivity index (χ1) is 15.6. The number of hydrogen-bond acceptors (Lipinski definition) is 4. The zero-order valence-electron chi connectivity index (χ0n) is 22.2. The SMILES string of the molecule is C=CCOc1ccc(C(=O)C=Cc2cc(C(C)(C)C)c(OC(C)(C)C)cc2OC(C)(C)C)cc1. The van der Waals surface area contributed by atoms with Gasteiger partial charge in [-0.25, -0.2) is 0 Å². The van der Waals surface area contributed by atoms with E-state index in [1.807, 2.05) is 53.7 Å². The average molecular weight is 465 g/mol. The fourth-order valence-electron chi connectivity index (χ4n) is 3.26. The van der Waals surface area contributed by atoms with Crippen LogP contribution in [0.25, 0.3) is 6.08 Å². The zero-order valence-corrected chi connectivity index (χ0v) is 22.2. The van der Waals surface area contributed by atoms with Crippen molar-refractivity contribution in [2.45, 2.75) is 78.9 Å². The summed E-state index contributed by atoms with van der Waals surface area (Å²) in [5.74, 6) is 2.07. The Labute approximate surface area is 205 Å². The van der Waals surface area contributed by atoms with Crippen LogP contribution in [-0.2, 0) is 5.41 Å². The van der Waals surface area contributed by atoms with E-state index in [1.54, 1.807) is 36.4 Å². The maximum absolute atomic E-state index is 12.9. The van der Waals surface area contributed by atoms with E-state index >= 15 is 0 Å². The van der Waals surface area contributed by atoms with Crippen LogP contribution in [0.3, 0.4) is 0 Å². The van der Waals surface area contributed by atoms with E-state index in [-0.39, 0.29) is 16.8 Å². The van der Waals surface area contributed by atoms with Crippen molar-refractivity contribution in [1.29, 1.82) is 0 Å². The lowest BCUT2D eigenvalue weighted by atomic mass is 9.85. The number of carbonyl (C=O) groups excluding carboxylic acids is 1. The Morgan fingerprint density at radius 3 is 1.91 bits per heavy atom. The molecule has 0 saturated carbocycles. The van der Waals surface area contributed by atoms with Crippen LogP contribution in [0.15, 0.2) is 55.1 Å². The average Bonchev–Trinajstić information content (AvgIpc) is 2.68. The van der Waals surface area contributed by atoms with Gasteiger partial charge in [0.2, 0.25) is 0 Å². The zero-order chi connectivity index (χ0) is 25.7. The standard InChI is InChI=1S/C30H40O4/c1-11-18-32-23-15-12-21(13-16-23)25(31)17-14-22-19-24(28(2,3)4)27(34-30(8,9)10)20-26(22)33-29(5,6)7/h11-17,19-20H,1,18H2,2-10H3. The van der Waals surface area contributed by atoms with Crippen molar-refractivity contribution in [3.8, 4) is 17.2 Å². The minimum atomic E-state index is -0.407. The molecule has 0 atom stereocenters. The second kappa shape index (κ2) is 10.5. The lowest BCUT2D eigenvalue weighted by molar-refractivity contribution is 0.104. The number of allylic oxidation sites excluding steroid dienone is 1. The molecule has 0 heterocycles. The first kappa shape index (κ1) is 27.2. The minimum absolute atomic E-state index is 0.0932. The summed E-state index contributed by atoms with van der Waals surface area (Å²) in [5, 5.41) is 0. The van der Waals surface area contributed by atoms with Gasteiger partial charge in [-0.15, -0.1) is 0 Å². The van der Waals surface area contributed by atoms with E-state index in [2.05, 4.69) is 33.4 Å². The van der Waals surface area contributed by atoms with Crippen LogP contribution >= 0.6 is 0 Å². The Kier molecular flexibility index (Phi) is 8.41. The van der Waals surface area contributed by atoms with E-state index in [0.717, 1.165) is 16.9 Å². The van der Waals surface area contributed by atoms with Gasteiger partial charge in [-0.3, -0.25) is 4.79 Å². The molecule has 2 aromatic rings. The van der Waals surface area contributed by atoms with Crippen LogP contribution in [0.1, 0.15) is 83.8 Å². The van der Waals surface area contributed by atoms with Crippen LogP contribution in [0, 0.1) is 0 Å². The number of hydrogen-bond donors (Lipinski definition) is 0.